The van der Waals surface area contributed by atoms with Crippen LogP contribution in [0.2, 0.25) is 0 Å². The average Bonchev–Trinajstić information content (AvgIpc) is 3.14. The van der Waals surface area contributed by atoms with Gasteiger partial charge in [0.25, 0.3) is 0 Å². The van der Waals surface area contributed by atoms with E-state index in [9.17, 15) is 48.6 Å². The van der Waals surface area contributed by atoms with E-state index >= 15 is 0 Å². The lowest BCUT2D eigenvalue weighted by atomic mass is 10.0. The summed E-state index contributed by atoms with van der Waals surface area (Å²) in [6, 6.07) is 3.12. The first kappa shape index (κ1) is 50.5. The van der Waals surface area contributed by atoms with Crippen molar-refractivity contribution >= 4 is 70.6 Å². The van der Waals surface area contributed by atoms with Crippen LogP contribution in [-0.4, -0.2) is 184 Å². The lowest BCUT2D eigenvalue weighted by Gasteiger charge is -2.38. The highest BCUT2D eigenvalue weighted by Gasteiger charge is 2.28. The van der Waals surface area contributed by atoms with Gasteiger partial charge in [0.05, 0.1) is 26.2 Å². The predicted octanol–water partition coefficient (Wildman–Crippen LogP) is -3.71. The molecule has 2 rings (SSSR count). The molecule has 1 aliphatic heterocycles. The third kappa shape index (κ3) is 21.4. The number of hydrogen-bond acceptors (Lipinski definition) is 13. The molecule has 0 aromatic heterocycles. The lowest BCUT2D eigenvalue weighted by molar-refractivity contribution is -0.141. The molecule has 0 radical (unpaired) electrons. The Kier molecular flexibility index (Phi) is 22.2. The molecule has 6 amide bonds. The lowest BCUT2D eigenvalue weighted by Crippen LogP contribution is -2.54. The first-order valence-electron chi connectivity index (χ1n) is 19.2. The summed E-state index contributed by atoms with van der Waals surface area (Å²) in [6.07, 6.45) is 0.379. The fraction of sp³-hybridized carbons (Fsp3) is 0.583. The van der Waals surface area contributed by atoms with E-state index in [-0.39, 0.29) is 50.2 Å². The summed E-state index contributed by atoms with van der Waals surface area (Å²) in [7, 11) is 0. The van der Waals surface area contributed by atoms with Crippen molar-refractivity contribution in [2.24, 2.45) is 22.9 Å². The maximum Gasteiger partial charge on any atom is 0.326 e. The zero-order valence-corrected chi connectivity index (χ0v) is 34.2. The van der Waals surface area contributed by atoms with Crippen molar-refractivity contribution in [1.29, 1.82) is 0 Å². The molecule has 334 valence electrons. The van der Waals surface area contributed by atoms with E-state index in [0.29, 0.717) is 77.3 Å². The van der Waals surface area contributed by atoms with Crippen molar-refractivity contribution in [2.75, 3.05) is 83.9 Å². The maximum absolute atomic E-state index is 12.3. The van der Waals surface area contributed by atoms with Crippen LogP contribution in [0.3, 0.4) is 0 Å². The molecule has 1 heterocycles. The molecule has 3 unspecified atom stereocenters. The van der Waals surface area contributed by atoms with Crippen LogP contribution in [0.1, 0.15) is 37.7 Å². The second kappa shape index (κ2) is 26.4. The molecule has 0 aliphatic carbocycles. The summed E-state index contributed by atoms with van der Waals surface area (Å²) in [6.45, 7) is 2.58. The van der Waals surface area contributed by atoms with Crippen LogP contribution < -0.4 is 44.2 Å². The summed E-state index contributed by atoms with van der Waals surface area (Å²) >= 11 is 5.42. The fourth-order valence-corrected chi connectivity index (χ4v) is 6.68. The Bertz CT molecular complexity index is 1650. The van der Waals surface area contributed by atoms with E-state index in [4.69, 9.17) is 40.3 Å². The normalized spacial score (nSPS) is 17.1. The van der Waals surface area contributed by atoms with E-state index in [1.54, 1.807) is 12.1 Å². The number of rotatable bonds is 23. The third-order valence-corrected chi connectivity index (χ3v) is 9.64. The highest BCUT2D eigenvalue weighted by Crippen LogP contribution is 2.16. The molecular weight excluding hydrogens is 809 g/mol. The zero-order chi connectivity index (χ0) is 44.8. The van der Waals surface area contributed by atoms with Gasteiger partial charge in [0.1, 0.15) is 12.1 Å². The Morgan fingerprint density at radius 1 is 0.667 bits per heavy atom. The van der Waals surface area contributed by atoms with Gasteiger partial charge in [0.15, 0.2) is 5.11 Å². The van der Waals surface area contributed by atoms with Crippen molar-refractivity contribution in [1.82, 2.24) is 35.6 Å². The Labute approximate surface area is 352 Å². The molecule has 0 bridgehead atoms. The molecule has 1 saturated heterocycles. The molecule has 60 heavy (non-hydrogen) atoms. The number of hydrogen-bond donors (Lipinski definition) is 11. The van der Waals surface area contributed by atoms with Gasteiger partial charge >= 0.3 is 23.9 Å². The number of anilines is 1. The van der Waals surface area contributed by atoms with Crippen molar-refractivity contribution in [3.05, 3.63) is 29.8 Å². The van der Waals surface area contributed by atoms with Gasteiger partial charge in [-0.05, 0) is 62.0 Å². The summed E-state index contributed by atoms with van der Waals surface area (Å²) < 4.78 is 0. The molecule has 0 spiro atoms. The van der Waals surface area contributed by atoms with Crippen LogP contribution in [-0.2, 0) is 40.0 Å². The molecule has 1 aromatic carbocycles. The molecule has 23 nitrogen and oxygen atoms in total. The zero-order valence-electron chi connectivity index (χ0n) is 33.4. The van der Waals surface area contributed by atoms with Crippen molar-refractivity contribution in [2.45, 2.75) is 56.7 Å². The molecule has 1 aliphatic rings. The molecule has 15 N–H and O–H groups in total. The number of nitrogens with one attached hydrogen (secondary N) is 4. The summed E-state index contributed by atoms with van der Waals surface area (Å²) in [5, 5.41) is 38.2. The number of nitrogens with zero attached hydrogens (tertiary/aromatic N) is 4. The number of unbranched alkanes of at least 4 members (excludes halogenated alkanes) is 1. The van der Waals surface area contributed by atoms with Crippen molar-refractivity contribution in [3.8, 4) is 0 Å². The topological polar surface area (TPSA) is 362 Å². The smallest absolute Gasteiger partial charge is 0.326 e. The van der Waals surface area contributed by atoms with Crippen molar-refractivity contribution in [3.63, 3.8) is 0 Å². The van der Waals surface area contributed by atoms with E-state index in [1.807, 2.05) is 31.7 Å². The highest BCUT2D eigenvalue weighted by molar-refractivity contribution is 7.80. The molecule has 1 aromatic rings. The number of amides is 6. The number of urea groups is 1. The van der Waals surface area contributed by atoms with Gasteiger partial charge in [-0.3, -0.25) is 43.6 Å². The van der Waals surface area contributed by atoms with E-state index in [2.05, 4.69) is 21.3 Å². The Balaban J connectivity index is 2.05. The molecular formula is C36H58N12O11S. The van der Waals surface area contributed by atoms with Gasteiger partial charge in [-0.2, -0.15) is 0 Å². The molecule has 24 heteroatoms. The van der Waals surface area contributed by atoms with Gasteiger partial charge in [-0.15, -0.1) is 0 Å². The number of primary amides is 4. The summed E-state index contributed by atoms with van der Waals surface area (Å²) in [5.74, 6) is -6.21. The number of carbonyl (C=O) groups excluding carboxylic acids is 5. The number of nitrogens with two attached hydrogens (primary N) is 4. The Morgan fingerprint density at radius 2 is 1.15 bits per heavy atom. The van der Waals surface area contributed by atoms with Crippen LogP contribution in [0.4, 0.5) is 10.5 Å². The monoisotopic (exact) mass is 866 g/mol. The van der Waals surface area contributed by atoms with Gasteiger partial charge in [-0.25, -0.2) is 14.4 Å². The number of carbonyl (C=O) groups is 8. The number of aliphatic carboxylic acids is 3. The number of benzene rings is 1. The number of thiocarbonyl (C=S) groups is 1. The quantitative estimate of drug-likeness (QED) is 0.0372. The van der Waals surface area contributed by atoms with Crippen molar-refractivity contribution < 1.29 is 53.7 Å². The first-order chi connectivity index (χ1) is 28.3. The Morgan fingerprint density at radius 3 is 1.65 bits per heavy atom. The van der Waals surface area contributed by atoms with Gasteiger partial charge in [0.2, 0.25) is 23.6 Å². The SMILES string of the molecule is NC(=O)CN1CCN(CC(N)=O)CCN(CC(N)=O)C(Cc2ccc(NC(=S)NCCCCC(NC(=O)NC(CCC(=O)O)C(=O)O)C(=O)O)cc2)CN(CC(N)=O)CC1. The van der Waals surface area contributed by atoms with E-state index in [1.165, 1.54) is 0 Å². The highest BCUT2D eigenvalue weighted by atomic mass is 32.1. The van der Waals surface area contributed by atoms with Crippen LogP contribution in [0.25, 0.3) is 0 Å². The number of carboxylic acids is 3. The minimum Gasteiger partial charge on any atom is -0.481 e. The number of carboxylic acid groups (broad SMARTS) is 3. The molecule has 0 saturated carbocycles. The Hall–Kier alpha value is -5.69. The minimum absolute atomic E-state index is 0.0243. The fourth-order valence-electron chi connectivity index (χ4n) is 6.46. The second-order valence-corrected chi connectivity index (χ2v) is 14.8. The van der Waals surface area contributed by atoms with E-state index < -0.39 is 66.1 Å². The first-order valence-corrected chi connectivity index (χ1v) is 19.6. The van der Waals surface area contributed by atoms with Crippen LogP contribution in [0, 0.1) is 0 Å². The van der Waals surface area contributed by atoms with Crippen LogP contribution in [0.5, 0.6) is 0 Å². The van der Waals surface area contributed by atoms with Crippen LogP contribution in [0.15, 0.2) is 24.3 Å². The van der Waals surface area contributed by atoms with Gasteiger partial charge < -0.3 is 59.5 Å². The molecule has 1 fully saturated rings. The standard InChI is InChI=1S/C36H58N12O11S/c37-28(49)19-45-11-12-46(20-29(38)50)15-16-48(22-31(40)52)25(18-47(14-13-45)21-30(39)51)17-23-4-6-24(7-5-23)42-36(60)41-10-2-1-3-26(33(55)56)43-35(59)44-27(34(57)58)8-9-32(53)54/h4-7,25-27H,1-3,8-22H2,(H2,37,49)(H2,38,50)(H2,39,51)(H2,40,52)(H,53,54)(H,55,56)(H,57,58)(H2,41,42,60)(H2,43,44,59). The van der Waals surface area contributed by atoms with Gasteiger partial charge in [0, 0.05) is 70.5 Å². The second-order valence-electron chi connectivity index (χ2n) is 14.4. The average molecular weight is 867 g/mol. The molecule has 3 atom stereocenters. The predicted molar refractivity (Wildman–Crippen MR) is 221 cm³/mol. The largest absolute Gasteiger partial charge is 0.481 e. The van der Waals surface area contributed by atoms with E-state index in [0.717, 1.165) is 5.56 Å². The van der Waals surface area contributed by atoms with Gasteiger partial charge in [-0.1, -0.05) is 12.1 Å². The maximum atomic E-state index is 12.3. The third-order valence-electron chi connectivity index (χ3n) is 9.39. The summed E-state index contributed by atoms with van der Waals surface area (Å²) in [4.78, 5) is 102. The minimum atomic E-state index is -1.51. The summed E-state index contributed by atoms with van der Waals surface area (Å²) in [5.41, 5.74) is 23.9. The van der Waals surface area contributed by atoms with Crippen LogP contribution >= 0.6 is 12.2 Å².